The Morgan fingerprint density at radius 2 is 2.14 bits per heavy atom. The van der Waals surface area contributed by atoms with Crippen LogP contribution in [0.1, 0.15) is 24.8 Å². The molecule has 0 atom stereocenters. The van der Waals surface area contributed by atoms with E-state index >= 15 is 0 Å². The van der Waals surface area contributed by atoms with Gasteiger partial charge in [0.2, 0.25) is 5.91 Å². The minimum absolute atomic E-state index is 0.0495. The van der Waals surface area contributed by atoms with Crippen LogP contribution in [0.2, 0.25) is 0 Å². The van der Waals surface area contributed by atoms with Crippen molar-refractivity contribution in [3.05, 3.63) is 29.8 Å². The molecule has 1 aliphatic rings. The van der Waals surface area contributed by atoms with Crippen LogP contribution in [-0.4, -0.2) is 43.7 Å². The average Bonchev–Trinajstić information content (AvgIpc) is 2.54. The maximum atomic E-state index is 12.0. The lowest BCUT2D eigenvalue weighted by Gasteiger charge is -2.30. The van der Waals surface area contributed by atoms with Gasteiger partial charge < -0.3 is 15.0 Å². The second-order valence-electron chi connectivity index (χ2n) is 5.23. The van der Waals surface area contributed by atoms with E-state index in [1.165, 1.54) is 0 Å². The fourth-order valence-electron chi connectivity index (χ4n) is 2.53. The molecule has 21 heavy (non-hydrogen) atoms. The van der Waals surface area contributed by atoms with Crippen molar-refractivity contribution in [2.45, 2.75) is 25.4 Å². The van der Waals surface area contributed by atoms with Gasteiger partial charge in [-0.15, -0.1) is 0 Å². The SMILES string of the molecule is COC1CCN(CCC(=O)Nc2ccccc2C#N)CC1. The second-order valence-corrected chi connectivity index (χ2v) is 5.23. The van der Waals surface area contributed by atoms with Gasteiger partial charge in [0.25, 0.3) is 0 Å². The quantitative estimate of drug-likeness (QED) is 0.899. The number of para-hydroxylation sites is 1. The third-order valence-corrected chi connectivity index (χ3v) is 3.84. The summed E-state index contributed by atoms with van der Waals surface area (Å²) >= 11 is 0. The smallest absolute Gasteiger partial charge is 0.225 e. The first-order chi connectivity index (χ1) is 10.2. The van der Waals surface area contributed by atoms with E-state index in [0.717, 1.165) is 32.5 Å². The number of piperidine rings is 1. The average molecular weight is 287 g/mol. The van der Waals surface area contributed by atoms with E-state index in [0.29, 0.717) is 23.8 Å². The number of carbonyl (C=O) groups is 1. The van der Waals surface area contributed by atoms with E-state index in [1.807, 2.05) is 6.07 Å². The number of carbonyl (C=O) groups excluding carboxylic acids is 1. The Balaban J connectivity index is 1.77. The Kier molecular flexibility index (Phi) is 5.73. The molecular formula is C16H21N3O2. The first kappa shape index (κ1) is 15.5. The lowest BCUT2D eigenvalue weighted by atomic mass is 10.1. The molecule has 0 spiro atoms. The number of ether oxygens (including phenoxy) is 1. The number of nitrogens with zero attached hydrogens (tertiary/aromatic N) is 2. The molecule has 1 aromatic carbocycles. The minimum Gasteiger partial charge on any atom is -0.381 e. The summed E-state index contributed by atoms with van der Waals surface area (Å²) in [6, 6.07) is 9.13. The minimum atomic E-state index is -0.0495. The number of methoxy groups -OCH3 is 1. The van der Waals surface area contributed by atoms with Gasteiger partial charge in [0, 0.05) is 33.2 Å². The third-order valence-electron chi connectivity index (χ3n) is 3.84. The fraction of sp³-hybridized carbons (Fsp3) is 0.500. The third kappa shape index (κ3) is 4.55. The van der Waals surface area contributed by atoms with Crippen LogP contribution in [0.15, 0.2) is 24.3 Å². The van der Waals surface area contributed by atoms with Crippen LogP contribution in [0.3, 0.4) is 0 Å². The molecule has 0 aliphatic carbocycles. The standard InChI is InChI=1S/C16H21N3O2/c1-21-14-6-9-19(10-7-14)11-8-16(20)18-15-5-3-2-4-13(15)12-17/h2-5,14H,6-11H2,1H3,(H,18,20). The van der Waals surface area contributed by atoms with Crippen molar-refractivity contribution in [2.24, 2.45) is 0 Å². The van der Waals surface area contributed by atoms with Crippen molar-refractivity contribution in [1.82, 2.24) is 4.90 Å². The lowest BCUT2D eigenvalue weighted by Crippen LogP contribution is -2.38. The second kappa shape index (κ2) is 7.77. The maximum Gasteiger partial charge on any atom is 0.225 e. The Labute approximate surface area is 125 Å². The number of hydrogen-bond acceptors (Lipinski definition) is 4. The van der Waals surface area contributed by atoms with E-state index in [9.17, 15) is 4.79 Å². The van der Waals surface area contributed by atoms with Crippen molar-refractivity contribution < 1.29 is 9.53 Å². The zero-order valence-electron chi connectivity index (χ0n) is 12.3. The molecule has 0 radical (unpaired) electrons. The van der Waals surface area contributed by atoms with Crippen LogP contribution in [-0.2, 0) is 9.53 Å². The summed E-state index contributed by atoms with van der Waals surface area (Å²) in [6.07, 6.45) is 2.85. The zero-order valence-corrected chi connectivity index (χ0v) is 12.3. The summed E-state index contributed by atoms with van der Waals surface area (Å²) in [4.78, 5) is 14.3. The lowest BCUT2D eigenvalue weighted by molar-refractivity contribution is -0.116. The predicted octanol–water partition coefficient (Wildman–Crippen LogP) is 2.00. The van der Waals surface area contributed by atoms with Gasteiger partial charge in [0.05, 0.1) is 17.4 Å². The van der Waals surface area contributed by atoms with Gasteiger partial charge in [-0.3, -0.25) is 4.79 Å². The van der Waals surface area contributed by atoms with Crippen LogP contribution in [0.25, 0.3) is 0 Å². The van der Waals surface area contributed by atoms with Crippen molar-refractivity contribution in [2.75, 3.05) is 32.1 Å². The van der Waals surface area contributed by atoms with Gasteiger partial charge in [0.1, 0.15) is 6.07 Å². The molecule has 0 unspecified atom stereocenters. The van der Waals surface area contributed by atoms with Gasteiger partial charge in [-0.25, -0.2) is 0 Å². The molecule has 1 aromatic rings. The number of nitrogens with one attached hydrogen (secondary N) is 1. The molecule has 0 bridgehead atoms. The molecule has 1 fully saturated rings. The van der Waals surface area contributed by atoms with Crippen LogP contribution >= 0.6 is 0 Å². The van der Waals surface area contributed by atoms with E-state index in [4.69, 9.17) is 10.00 Å². The summed E-state index contributed by atoms with van der Waals surface area (Å²) in [5.74, 6) is -0.0495. The molecule has 0 aromatic heterocycles. The number of nitriles is 1. The molecular weight excluding hydrogens is 266 g/mol. The van der Waals surface area contributed by atoms with E-state index < -0.39 is 0 Å². The van der Waals surface area contributed by atoms with Crippen LogP contribution in [0.5, 0.6) is 0 Å². The first-order valence-corrected chi connectivity index (χ1v) is 7.27. The van der Waals surface area contributed by atoms with Gasteiger partial charge in [-0.2, -0.15) is 5.26 Å². The maximum absolute atomic E-state index is 12.0. The van der Waals surface area contributed by atoms with E-state index in [1.54, 1.807) is 25.3 Å². The van der Waals surface area contributed by atoms with Crippen LogP contribution in [0, 0.1) is 11.3 Å². The largest absolute Gasteiger partial charge is 0.381 e. The molecule has 1 aliphatic heterocycles. The topological polar surface area (TPSA) is 65.4 Å². The van der Waals surface area contributed by atoms with Crippen molar-refractivity contribution in [1.29, 1.82) is 5.26 Å². The molecule has 1 amide bonds. The fourth-order valence-corrected chi connectivity index (χ4v) is 2.53. The number of rotatable bonds is 5. The first-order valence-electron chi connectivity index (χ1n) is 7.27. The summed E-state index contributed by atoms with van der Waals surface area (Å²) in [7, 11) is 1.75. The number of anilines is 1. The van der Waals surface area contributed by atoms with Gasteiger partial charge in [-0.1, -0.05) is 12.1 Å². The molecule has 1 saturated heterocycles. The molecule has 112 valence electrons. The van der Waals surface area contributed by atoms with Gasteiger partial charge >= 0.3 is 0 Å². The molecule has 1 heterocycles. The van der Waals surface area contributed by atoms with Crippen molar-refractivity contribution in [3.8, 4) is 6.07 Å². The summed E-state index contributed by atoms with van der Waals surface area (Å²) in [6.45, 7) is 2.69. The highest BCUT2D eigenvalue weighted by molar-refractivity contribution is 5.92. The zero-order chi connectivity index (χ0) is 15.1. The molecule has 1 N–H and O–H groups in total. The summed E-state index contributed by atoms with van der Waals surface area (Å²) in [5, 5.41) is 11.8. The van der Waals surface area contributed by atoms with Crippen LogP contribution in [0.4, 0.5) is 5.69 Å². The predicted molar refractivity (Wildman–Crippen MR) is 80.9 cm³/mol. The Morgan fingerprint density at radius 1 is 1.43 bits per heavy atom. The Bertz CT molecular complexity index is 516. The summed E-state index contributed by atoms with van der Waals surface area (Å²) < 4.78 is 5.33. The van der Waals surface area contributed by atoms with Gasteiger partial charge in [0.15, 0.2) is 0 Å². The van der Waals surface area contributed by atoms with E-state index in [2.05, 4.69) is 16.3 Å². The highest BCUT2D eigenvalue weighted by Crippen LogP contribution is 2.15. The Hall–Kier alpha value is -1.90. The molecule has 5 heteroatoms. The van der Waals surface area contributed by atoms with Gasteiger partial charge in [-0.05, 0) is 25.0 Å². The Morgan fingerprint density at radius 3 is 2.81 bits per heavy atom. The molecule has 2 rings (SSSR count). The van der Waals surface area contributed by atoms with Crippen molar-refractivity contribution in [3.63, 3.8) is 0 Å². The number of benzene rings is 1. The van der Waals surface area contributed by atoms with E-state index in [-0.39, 0.29) is 5.91 Å². The monoisotopic (exact) mass is 287 g/mol. The molecule has 0 saturated carbocycles. The number of hydrogen-bond donors (Lipinski definition) is 1. The number of likely N-dealkylation sites (tertiary alicyclic amines) is 1. The number of amides is 1. The highest BCUT2D eigenvalue weighted by atomic mass is 16.5. The summed E-state index contributed by atoms with van der Waals surface area (Å²) in [5.41, 5.74) is 1.08. The van der Waals surface area contributed by atoms with Crippen LogP contribution < -0.4 is 5.32 Å². The van der Waals surface area contributed by atoms with Crippen molar-refractivity contribution >= 4 is 11.6 Å². The normalized spacial score (nSPS) is 16.4. The molecule has 5 nitrogen and oxygen atoms in total. The highest BCUT2D eigenvalue weighted by Gasteiger charge is 2.19.